The zero-order chi connectivity index (χ0) is 20.3. The van der Waals surface area contributed by atoms with Crippen LogP contribution in [-0.2, 0) is 4.74 Å². The lowest BCUT2D eigenvalue weighted by Gasteiger charge is -2.25. The third-order valence-electron chi connectivity index (χ3n) is 4.32. The molecular formula is C19H19Br2NO6. The molecule has 0 saturated heterocycles. The van der Waals surface area contributed by atoms with E-state index < -0.39 is 12.2 Å². The molecule has 150 valence electrons. The van der Waals surface area contributed by atoms with Crippen molar-refractivity contribution in [1.82, 2.24) is 0 Å². The number of hydrogen-bond acceptors (Lipinski definition) is 6. The van der Waals surface area contributed by atoms with Gasteiger partial charge in [0, 0.05) is 28.4 Å². The Morgan fingerprint density at radius 1 is 1.25 bits per heavy atom. The molecule has 1 aliphatic heterocycles. The molecule has 1 aliphatic rings. The van der Waals surface area contributed by atoms with Gasteiger partial charge in [-0.3, -0.25) is 5.32 Å². The van der Waals surface area contributed by atoms with E-state index in [0.29, 0.717) is 38.1 Å². The molecule has 0 saturated carbocycles. The van der Waals surface area contributed by atoms with Gasteiger partial charge in [-0.15, -0.1) is 0 Å². The fraction of sp³-hybridized carbons (Fsp3) is 0.316. The lowest BCUT2D eigenvalue weighted by molar-refractivity contribution is 0.0651. The summed E-state index contributed by atoms with van der Waals surface area (Å²) in [7, 11) is 0. The summed E-state index contributed by atoms with van der Waals surface area (Å²) in [5.74, 6) is 0.891. The third kappa shape index (κ3) is 4.71. The maximum absolute atomic E-state index is 12.5. The first-order valence-corrected chi connectivity index (χ1v) is 10.1. The number of benzene rings is 2. The number of nitrogens with one attached hydrogen (secondary N) is 1. The molecule has 2 aromatic carbocycles. The van der Waals surface area contributed by atoms with Crippen molar-refractivity contribution in [1.29, 1.82) is 0 Å². The number of hydrogen-bond donors (Lipinski definition) is 3. The minimum Gasteiger partial charge on any atom is -0.506 e. The van der Waals surface area contributed by atoms with E-state index in [1.807, 2.05) is 6.92 Å². The molecule has 0 spiro atoms. The maximum Gasteiger partial charge on any atom is 0.412 e. The molecule has 3 rings (SSSR count). The second-order valence-corrected chi connectivity index (χ2v) is 8.10. The van der Waals surface area contributed by atoms with Crippen LogP contribution in [0.15, 0.2) is 39.3 Å². The number of carbonyl (C=O) groups is 1. The van der Waals surface area contributed by atoms with Crippen molar-refractivity contribution in [2.75, 3.05) is 18.7 Å². The Labute approximate surface area is 178 Å². The number of rotatable bonds is 6. The van der Waals surface area contributed by atoms with E-state index in [9.17, 15) is 15.0 Å². The number of aromatic hydroxyl groups is 1. The average Bonchev–Trinajstić information content (AvgIpc) is 3.11. The highest BCUT2D eigenvalue weighted by molar-refractivity contribution is 9.11. The first-order chi connectivity index (χ1) is 13.4. The first kappa shape index (κ1) is 20.8. The standard InChI is InChI=1S/C19H19Br2NO6/c1-10(4-5-23)18(13-6-11(20)7-14(21)17(13)24)28-19(25)22-12-2-3-15-16(8-12)27-9-26-15/h2-3,6-8,10,18,23-24H,4-5,9H2,1H3,(H,22,25)/t10-,18+/m0/s1. The molecule has 0 aromatic heterocycles. The van der Waals surface area contributed by atoms with Gasteiger partial charge in [0.1, 0.15) is 11.9 Å². The van der Waals surface area contributed by atoms with Gasteiger partial charge < -0.3 is 24.4 Å². The summed E-state index contributed by atoms with van der Waals surface area (Å²) in [4.78, 5) is 12.5. The van der Waals surface area contributed by atoms with Crippen LogP contribution in [0.4, 0.5) is 10.5 Å². The molecule has 0 bridgehead atoms. The smallest absolute Gasteiger partial charge is 0.412 e. The Kier molecular flexibility index (Phi) is 6.69. The second-order valence-electron chi connectivity index (χ2n) is 6.33. The monoisotopic (exact) mass is 515 g/mol. The van der Waals surface area contributed by atoms with Crippen molar-refractivity contribution in [3.63, 3.8) is 0 Å². The summed E-state index contributed by atoms with van der Waals surface area (Å²) in [5, 5.41) is 22.4. The van der Waals surface area contributed by atoms with Crippen molar-refractivity contribution in [2.45, 2.75) is 19.4 Å². The first-order valence-electron chi connectivity index (χ1n) is 8.55. The summed E-state index contributed by atoms with van der Waals surface area (Å²) in [5.41, 5.74) is 0.922. The number of aliphatic hydroxyl groups is 1. The highest BCUT2D eigenvalue weighted by Gasteiger charge is 2.28. The minimum absolute atomic E-state index is 0.0196. The predicted molar refractivity (Wildman–Crippen MR) is 110 cm³/mol. The van der Waals surface area contributed by atoms with E-state index in [0.717, 1.165) is 0 Å². The molecule has 9 heteroatoms. The van der Waals surface area contributed by atoms with Crippen LogP contribution < -0.4 is 14.8 Å². The van der Waals surface area contributed by atoms with Gasteiger partial charge in [0.05, 0.1) is 4.47 Å². The number of anilines is 1. The van der Waals surface area contributed by atoms with Crippen LogP contribution in [0.1, 0.15) is 25.0 Å². The summed E-state index contributed by atoms with van der Waals surface area (Å²) < 4.78 is 17.4. The fourth-order valence-electron chi connectivity index (χ4n) is 2.88. The molecule has 1 amide bonds. The molecule has 2 atom stereocenters. The van der Waals surface area contributed by atoms with Crippen LogP contribution in [0.25, 0.3) is 0 Å². The largest absolute Gasteiger partial charge is 0.506 e. The Morgan fingerprint density at radius 2 is 2.00 bits per heavy atom. The van der Waals surface area contributed by atoms with E-state index in [-0.39, 0.29) is 25.1 Å². The Balaban J connectivity index is 1.80. The number of fused-ring (bicyclic) bond motifs is 1. The molecule has 0 unspecified atom stereocenters. The number of ether oxygens (including phenoxy) is 3. The summed E-state index contributed by atoms with van der Waals surface area (Å²) in [6.45, 7) is 1.91. The number of halogens is 2. The van der Waals surface area contributed by atoms with Crippen LogP contribution in [0.3, 0.4) is 0 Å². The van der Waals surface area contributed by atoms with E-state index in [2.05, 4.69) is 37.2 Å². The van der Waals surface area contributed by atoms with Crippen LogP contribution in [0, 0.1) is 5.92 Å². The Bertz CT molecular complexity index is 876. The van der Waals surface area contributed by atoms with Gasteiger partial charge in [0.15, 0.2) is 11.5 Å². The maximum atomic E-state index is 12.5. The lowest BCUT2D eigenvalue weighted by Crippen LogP contribution is -2.22. The molecule has 0 fully saturated rings. The van der Waals surface area contributed by atoms with Gasteiger partial charge in [-0.25, -0.2) is 4.79 Å². The van der Waals surface area contributed by atoms with E-state index in [4.69, 9.17) is 14.2 Å². The van der Waals surface area contributed by atoms with Crippen molar-refractivity contribution < 1.29 is 29.2 Å². The predicted octanol–water partition coefficient (Wildman–Crippen LogP) is 4.95. The zero-order valence-corrected chi connectivity index (χ0v) is 18.1. The number of phenolic OH excluding ortho intramolecular Hbond substituents is 1. The second kappa shape index (κ2) is 9.02. The Morgan fingerprint density at radius 3 is 2.75 bits per heavy atom. The molecule has 3 N–H and O–H groups in total. The van der Waals surface area contributed by atoms with Gasteiger partial charge in [0.2, 0.25) is 6.79 Å². The fourth-order valence-corrected chi connectivity index (χ4v) is 4.14. The van der Waals surface area contributed by atoms with Crippen molar-refractivity contribution in [2.24, 2.45) is 5.92 Å². The molecule has 1 heterocycles. The van der Waals surface area contributed by atoms with Gasteiger partial charge in [0.25, 0.3) is 0 Å². The highest BCUT2D eigenvalue weighted by Crippen LogP contribution is 2.40. The quantitative estimate of drug-likeness (QED) is 0.502. The van der Waals surface area contributed by atoms with Gasteiger partial charge in [-0.1, -0.05) is 22.9 Å². The van der Waals surface area contributed by atoms with E-state index >= 15 is 0 Å². The van der Waals surface area contributed by atoms with Crippen LogP contribution in [0.2, 0.25) is 0 Å². The van der Waals surface area contributed by atoms with Crippen molar-refractivity contribution in [3.8, 4) is 17.2 Å². The summed E-state index contributed by atoms with van der Waals surface area (Å²) in [6, 6.07) is 8.39. The van der Waals surface area contributed by atoms with Crippen LogP contribution in [-0.4, -0.2) is 29.7 Å². The van der Waals surface area contributed by atoms with E-state index in [1.54, 1.807) is 30.3 Å². The summed E-state index contributed by atoms with van der Waals surface area (Å²) >= 11 is 6.67. The number of amides is 1. The number of aliphatic hydroxyl groups excluding tert-OH is 1. The number of phenols is 1. The Hall–Kier alpha value is -1.97. The number of carbonyl (C=O) groups excluding carboxylic acids is 1. The molecular weight excluding hydrogens is 498 g/mol. The van der Waals surface area contributed by atoms with Gasteiger partial charge >= 0.3 is 6.09 Å². The molecule has 28 heavy (non-hydrogen) atoms. The van der Waals surface area contributed by atoms with Gasteiger partial charge in [-0.05, 0) is 52.5 Å². The summed E-state index contributed by atoms with van der Waals surface area (Å²) in [6.07, 6.45) is -1.06. The minimum atomic E-state index is -0.769. The highest BCUT2D eigenvalue weighted by atomic mass is 79.9. The van der Waals surface area contributed by atoms with E-state index in [1.165, 1.54) is 0 Å². The van der Waals surface area contributed by atoms with Gasteiger partial charge in [-0.2, -0.15) is 0 Å². The third-order valence-corrected chi connectivity index (χ3v) is 5.38. The van der Waals surface area contributed by atoms with Crippen LogP contribution >= 0.6 is 31.9 Å². The lowest BCUT2D eigenvalue weighted by atomic mass is 9.94. The molecule has 7 nitrogen and oxygen atoms in total. The average molecular weight is 517 g/mol. The topological polar surface area (TPSA) is 97.3 Å². The SMILES string of the molecule is C[C@@H](CCO)[C@@H](OC(=O)Nc1ccc2c(c1)OCO2)c1cc(Br)cc(Br)c1O. The van der Waals surface area contributed by atoms with Crippen LogP contribution in [0.5, 0.6) is 17.2 Å². The molecule has 0 aliphatic carbocycles. The van der Waals surface area contributed by atoms with Crippen molar-refractivity contribution in [3.05, 3.63) is 44.8 Å². The zero-order valence-electron chi connectivity index (χ0n) is 14.9. The molecule has 2 aromatic rings. The normalized spacial score (nSPS) is 14.4. The van der Waals surface area contributed by atoms with Crippen molar-refractivity contribution >= 4 is 43.6 Å². The molecule has 0 radical (unpaired) electrons.